The number of allylic oxidation sites excluding steroid dienone is 2. The summed E-state index contributed by atoms with van der Waals surface area (Å²) in [6.07, 6.45) is 1.56. The van der Waals surface area contributed by atoms with Crippen LogP contribution in [0.2, 0.25) is 5.02 Å². The first-order valence-corrected chi connectivity index (χ1v) is 8.47. The van der Waals surface area contributed by atoms with Crippen molar-refractivity contribution in [3.05, 3.63) is 57.4 Å². The van der Waals surface area contributed by atoms with Gasteiger partial charge in [-0.2, -0.15) is 0 Å². The van der Waals surface area contributed by atoms with Crippen molar-refractivity contribution in [1.82, 2.24) is 5.32 Å². The minimum atomic E-state index is -0.452. The highest BCUT2D eigenvalue weighted by Crippen LogP contribution is 2.49. The second-order valence-corrected chi connectivity index (χ2v) is 7.56. The number of ketones is 1. The Morgan fingerprint density at radius 2 is 1.92 bits per heavy atom. The molecule has 0 radical (unpaired) electrons. The van der Waals surface area contributed by atoms with Crippen LogP contribution < -0.4 is 5.32 Å². The Labute approximate surface area is 145 Å². The lowest BCUT2D eigenvalue weighted by Crippen LogP contribution is -2.39. The molecule has 4 rings (SSSR count). The summed E-state index contributed by atoms with van der Waals surface area (Å²) in [6, 6.07) is 7.39. The molecule has 4 nitrogen and oxygen atoms in total. The van der Waals surface area contributed by atoms with Gasteiger partial charge in [-0.1, -0.05) is 43.6 Å². The molecule has 0 spiro atoms. The Balaban J connectivity index is 1.95. The van der Waals surface area contributed by atoms with Gasteiger partial charge >= 0.3 is 5.97 Å². The summed E-state index contributed by atoms with van der Waals surface area (Å²) in [5.41, 5.74) is 3.19. The van der Waals surface area contributed by atoms with Gasteiger partial charge in [0.2, 0.25) is 0 Å². The molecule has 124 valence electrons. The van der Waals surface area contributed by atoms with Crippen LogP contribution in [0, 0.1) is 5.41 Å². The molecule has 1 unspecified atom stereocenters. The van der Waals surface area contributed by atoms with E-state index in [1.165, 1.54) is 0 Å². The summed E-state index contributed by atoms with van der Waals surface area (Å²) in [5.74, 6) is -0.746. The van der Waals surface area contributed by atoms with Gasteiger partial charge in [0.25, 0.3) is 0 Å². The molecule has 2 aliphatic heterocycles. The zero-order valence-electron chi connectivity index (χ0n) is 13.6. The van der Waals surface area contributed by atoms with Gasteiger partial charge in [-0.3, -0.25) is 4.79 Å². The largest absolute Gasteiger partial charge is 0.456 e. The van der Waals surface area contributed by atoms with Crippen molar-refractivity contribution in [2.45, 2.75) is 32.6 Å². The van der Waals surface area contributed by atoms with Crippen LogP contribution in [0.25, 0.3) is 0 Å². The average Bonchev–Trinajstić information content (AvgIpc) is 2.91. The van der Waals surface area contributed by atoms with E-state index in [2.05, 4.69) is 5.32 Å². The molecule has 1 aromatic rings. The highest BCUT2D eigenvalue weighted by atomic mass is 35.5. The highest BCUT2D eigenvalue weighted by Gasteiger charge is 2.47. The summed E-state index contributed by atoms with van der Waals surface area (Å²) in [6.45, 7) is 4.14. The number of ether oxygens (including phenoxy) is 1. The molecule has 0 amide bonds. The van der Waals surface area contributed by atoms with Crippen molar-refractivity contribution in [2.24, 2.45) is 5.41 Å². The SMILES string of the molecule is CC1(C)CCC2=C(C1=O)C(c1ccccc1Cl)C1=C(COC1=O)N2. The van der Waals surface area contributed by atoms with Crippen LogP contribution in [0.5, 0.6) is 0 Å². The second-order valence-electron chi connectivity index (χ2n) is 7.15. The first-order valence-electron chi connectivity index (χ1n) is 8.09. The van der Waals surface area contributed by atoms with E-state index < -0.39 is 11.3 Å². The number of Topliss-reactive ketones (excluding diaryl/α,β-unsaturated/α-hetero) is 1. The Bertz CT molecular complexity index is 835. The Hall–Kier alpha value is -2.07. The predicted molar refractivity (Wildman–Crippen MR) is 90.4 cm³/mol. The van der Waals surface area contributed by atoms with Gasteiger partial charge in [0, 0.05) is 27.6 Å². The monoisotopic (exact) mass is 343 g/mol. The van der Waals surface area contributed by atoms with Crippen molar-refractivity contribution >= 4 is 23.4 Å². The lowest BCUT2D eigenvalue weighted by atomic mass is 9.67. The van der Waals surface area contributed by atoms with Crippen LogP contribution in [0.15, 0.2) is 46.8 Å². The molecular formula is C19H18ClNO3. The maximum atomic E-state index is 13.2. The number of carbonyl (C=O) groups is 2. The smallest absolute Gasteiger partial charge is 0.337 e. The minimum absolute atomic E-state index is 0.0763. The van der Waals surface area contributed by atoms with Crippen LogP contribution in [0.1, 0.15) is 38.2 Å². The summed E-state index contributed by atoms with van der Waals surface area (Å²) in [5, 5.41) is 3.84. The van der Waals surface area contributed by atoms with Crippen LogP contribution in [0.4, 0.5) is 0 Å². The number of nitrogens with one attached hydrogen (secondary N) is 1. The lowest BCUT2D eigenvalue weighted by Gasteiger charge is -2.38. The van der Waals surface area contributed by atoms with Crippen LogP contribution in [0.3, 0.4) is 0 Å². The molecule has 1 N–H and O–H groups in total. The van der Waals surface area contributed by atoms with E-state index in [4.69, 9.17) is 16.3 Å². The third-order valence-electron chi connectivity index (χ3n) is 5.17. The first kappa shape index (κ1) is 15.5. The molecule has 0 fully saturated rings. The van der Waals surface area contributed by atoms with E-state index >= 15 is 0 Å². The van der Waals surface area contributed by atoms with E-state index in [0.717, 1.165) is 29.8 Å². The van der Waals surface area contributed by atoms with Crippen LogP contribution in [-0.4, -0.2) is 18.4 Å². The third kappa shape index (κ3) is 2.13. The Morgan fingerprint density at radius 3 is 2.67 bits per heavy atom. The normalized spacial score (nSPS) is 25.2. The molecule has 3 aliphatic rings. The summed E-state index contributed by atoms with van der Waals surface area (Å²) in [7, 11) is 0. The fraction of sp³-hybridized carbons (Fsp3) is 0.368. The van der Waals surface area contributed by atoms with Crippen LogP contribution in [-0.2, 0) is 14.3 Å². The molecule has 1 atom stereocenters. The van der Waals surface area contributed by atoms with Gasteiger partial charge in [0.1, 0.15) is 6.61 Å². The molecule has 0 saturated carbocycles. The number of esters is 1. The molecule has 0 aromatic heterocycles. The van der Waals surface area contributed by atoms with Gasteiger partial charge in [-0.05, 0) is 24.5 Å². The van der Waals surface area contributed by atoms with Crippen LogP contribution >= 0.6 is 11.6 Å². The number of hydrogen-bond acceptors (Lipinski definition) is 4. The fourth-order valence-corrected chi connectivity index (χ4v) is 4.03. The molecule has 0 bridgehead atoms. The molecular weight excluding hydrogens is 326 g/mol. The van der Waals surface area contributed by atoms with E-state index in [9.17, 15) is 9.59 Å². The highest BCUT2D eigenvalue weighted by molar-refractivity contribution is 6.31. The standard InChI is InChI=1S/C19H18ClNO3/c1-19(2)8-7-12-15(17(19)22)14(10-5-3-4-6-11(10)20)16-13(21-12)9-24-18(16)23/h3-6,14,21H,7-9H2,1-2H3. The third-order valence-corrected chi connectivity index (χ3v) is 5.52. The molecule has 1 aromatic carbocycles. The van der Waals surface area contributed by atoms with Crippen molar-refractivity contribution in [3.63, 3.8) is 0 Å². The molecule has 2 heterocycles. The van der Waals surface area contributed by atoms with Gasteiger partial charge in [-0.15, -0.1) is 0 Å². The fourth-order valence-electron chi connectivity index (χ4n) is 3.78. The second kappa shape index (κ2) is 5.21. The van der Waals surface area contributed by atoms with E-state index in [1.807, 2.05) is 32.0 Å². The number of hydrogen-bond donors (Lipinski definition) is 1. The quantitative estimate of drug-likeness (QED) is 0.793. The average molecular weight is 344 g/mol. The van der Waals surface area contributed by atoms with Gasteiger partial charge in [0.05, 0.1) is 11.3 Å². The number of dihydropyridines is 1. The van der Waals surface area contributed by atoms with Crippen molar-refractivity contribution in [1.29, 1.82) is 0 Å². The summed E-state index contributed by atoms with van der Waals surface area (Å²) >= 11 is 6.42. The zero-order valence-corrected chi connectivity index (χ0v) is 14.4. The predicted octanol–water partition coefficient (Wildman–Crippen LogP) is 3.48. The van der Waals surface area contributed by atoms with Crippen molar-refractivity contribution in [3.8, 4) is 0 Å². The van der Waals surface area contributed by atoms with Crippen molar-refractivity contribution in [2.75, 3.05) is 6.61 Å². The summed E-state index contributed by atoms with van der Waals surface area (Å²) < 4.78 is 5.23. The van der Waals surface area contributed by atoms with Gasteiger partial charge in [0.15, 0.2) is 5.78 Å². The number of carbonyl (C=O) groups excluding carboxylic acids is 2. The van der Waals surface area contributed by atoms with E-state index in [1.54, 1.807) is 6.07 Å². The molecule has 24 heavy (non-hydrogen) atoms. The lowest BCUT2D eigenvalue weighted by molar-refractivity contribution is -0.136. The first-order chi connectivity index (χ1) is 11.4. The molecule has 0 saturated heterocycles. The van der Waals surface area contributed by atoms with E-state index in [-0.39, 0.29) is 18.4 Å². The van der Waals surface area contributed by atoms with Crippen molar-refractivity contribution < 1.29 is 14.3 Å². The molecule has 5 heteroatoms. The number of rotatable bonds is 1. The topological polar surface area (TPSA) is 55.4 Å². The van der Waals surface area contributed by atoms with E-state index in [0.29, 0.717) is 16.2 Å². The minimum Gasteiger partial charge on any atom is -0.456 e. The maximum absolute atomic E-state index is 13.2. The maximum Gasteiger partial charge on any atom is 0.337 e. The summed E-state index contributed by atoms with van der Waals surface area (Å²) in [4.78, 5) is 25.5. The van der Waals surface area contributed by atoms with Gasteiger partial charge < -0.3 is 10.1 Å². The number of cyclic esters (lactones) is 1. The Morgan fingerprint density at radius 1 is 1.17 bits per heavy atom. The molecule has 1 aliphatic carbocycles. The zero-order chi connectivity index (χ0) is 17.1. The number of benzene rings is 1. The Kier molecular flexibility index (Phi) is 3.36. The number of halogens is 1. The van der Waals surface area contributed by atoms with Gasteiger partial charge in [-0.25, -0.2) is 4.79 Å².